The van der Waals surface area contributed by atoms with Crippen molar-refractivity contribution in [2.75, 3.05) is 11.9 Å². The molecule has 20 heavy (non-hydrogen) atoms. The molecule has 0 aliphatic carbocycles. The van der Waals surface area contributed by atoms with Crippen LogP contribution in [0.15, 0.2) is 36.7 Å². The van der Waals surface area contributed by atoms with Crippen molar-refractivity contribution in [3.8, 4) is 11.3 Å². The molecule has 1 aromatic heterocycles. The molecule has 2 rings (SSSR count). The number of nitrogens with zero attached hydrogens (tertiary/aromatic N) is 2. The smallest absolute Gasteiger partial charge is 0.145 e. The van der Waals surface area contributed by atoms with Crippen molar-refractivity contribution in [2.24, 2.45) is 5.92 Å². The summed E-state index contributed by atoms with van der Waals surface area (Å²) in [6.45, 7) is 7.54. The molecule has 0 radical (unpaired) electrons. The number of hydrogen-bond donors (Lipinski definition) is 1. The summed E-state index contributed by atoms with van der Waals surface area (Å²) in [7, 11) is 0. The molecule has 0 spiro atoms. The largest absolute Gasteiger partial charge is 0.369 e. The fourth-order valence-electron chi connectivity index (χ4n) is 2.17. The van der Waals surface area contributed by atoms with Crippen molar-refractivity contribution in [2.45, 2.75) is 33.6 Å². The van der Waals surface area contributed by atoms with E-state index in [1.54, 1.807) is 6.20 Å². The fourth-order valence-corrected chi connectivity index (χ4v) is 2.17. The van der Waals surface area contributed by atoms with Gasteiger partial charge in [-0.3, -0.25) is 4.98 Å². The molecule has 0 saturated carbocycles. The Morgan fingerprint density at radius 3 is 2.80 bits per heavy atom. The summed E-state index contributed by atoms with van der Waals surface area (Å²) in [5.41, 5.74) is 3.42. The van der Waals surface area contributed by atoms with Crippen molar-refractivity contribution < 1.29 is 0 Å². The summed E-state index contributed by atoms with van der Waals surface area (Å²) >= 11 is 0. The number of hydrogen-bond acceptors (Lipinski definition) is 3. The highest BCUT2D eigenvalue weighted by Crippen LogP contribution is 2.20. The van der Waals surface area contributed by atoms with E-state index in [0.29, 0.717) is 5.92 Å². The van der Waals surface area contributed by atoms with E-state index in [4.69, 9.17) is 0 Å². The third-order valence-corrected chi connectivity index (χ3v) is 3.06. The lowest BCUT2D eigenvalue weighted by molar-refractivity contribution is 0.647. The van der Waals surface area contributed by atoms with Gasteiger partial charge in [-0.15, -0.1) is 0 Å². The highest BCUT2D eigenvalue weighted by atomic mass is 15.0. The zero-order valence-electron chi connectivity index (χ0n) is 12.6. The Kier molecular flexibility index (Phi) is 5.10. The number of aromatic nitrogens is 2. The third kappa shape index (κ3) is 4.05. The first-order valence-electron chi connectivity index (χ1n) is 7.34. The maximum Gasteiger partial charge on any atom is 0.145 e. The van der Waals surface area contributed by atoms with Crippen LogP contribution < -0.4 is 5.32 Å². The Hall–Kier alpha value is -1.90. The first-order valence-corrected chi connectivity index (χ1v) is 7.34. The van der Waals surface area contributed by atoms with Crippen molar-refractivity contribution in [3.05, 3.63) is 42.2 Å². The van der Waals surface area contributed by atoms with Crippen LogP contribution in [-0.2, 0) is 6.42 Å². The van der Waals surface area contributed by atoms with Gasteiger partial charge in [0.2, 0.25) is 0 Å². The molecule has 0 aliphatic rings. The minimum Gasteiger partial charge on any atom is -0.369 e. The van der Waals surface area contributed by atoms with E-state index in [2.05, 4.69) is 60.3 Å². The Balaban J connectivity index is 2.22. The molecular weight excluding hydrogens is 246 g/mol. The number of rotatable bonds is 6. The second kappa shape index (κ2) is 7.04. The van der Waals surface area contributed by atoms with Crippen LogP contribution in [0.2, 0.25) is 0 Å². The van der Waals surface area contributed by atoms with Crippen LogP contribution in [0.25, 0.3) is 11.3 Å². The molecule has 106 valence electrons. The van der Waals surface area contributed by atoms with Gasteiger partial charge in [0.25, 0.3) is 0 Å². The van der Waals surface area contributed by atoms with Gasteiger partial charge in [-0.25, -0.2) is 4.98 Å². The lowest BCUT2D eigenvalue weighted by Gasteiger charge is -2.09. The second-order valence-electron chi connectivity index (χ2n) is 5.51. The van der Waals surface area contributed by atoms with E-state index >= 15 is 0 Å². The summed E-state index contributed by atoms with van der Waals surface area (Å²) in [5, 5.41) is 3.28. The molecular formula is C17H23N3. The monoisotopic (exact) mass is 269 g/mol. The quantitative estimate of drug-likeness (QED) is 0.855. The van der Waals surface area contributed by atoms with Gasteiger partial charge in [-0.05, 0) is 30.4 Å². The van der Waals surface area contributed by atoms with Crippen LogP contribution in [-0.4, -0.2) is 16.5 Å². The molecule has 1 aromatic carbocycles. The minimum absolute atomic E-state index is 0.661. The molecule has 0 aliphatic heterocycles. The highest BCUT2D eigenvalue weighted by molar-refractivity contribution is 5.60. The predicted octanol–water partition coefficient (Wildman–Crippen LogP) is 4.16. The van der Waals surface area contributed by atoms with Crippen LogP contribution in [0.4, 0.5) is 5.82 Å². The van der Waals surface area contributed by atoms with E-state index in [1.807, 2.05) is 6.20 Å². The lowest BCUT2D eigenvalue weighted by atomic mass is 10.0. The van der Waals surface area contributed by atoms with Crippen LogP contribution >= 0.6 is 0 Å². The summed E-state index contributed by atoms with van der Waals surface area (Å²) in [4.78, 5) is 8.91. The zero-order valence-corrected chi connectivity index (χ0v) is 12.6. The van der Waals surface area contributed by atoms with Gasteiger partial charge in [-0.2, -0.15) is 0 Å². The summed E-state index contributed by atoms with van der Waals surface area (Å²) < 4.78 is 0. The fraction of sp³-hybridized carbons (Fsp3) is 0.412. The number of anilines is 1. The first-order chi connectivity index (χ1) is 9.69. The van der Waals surface area contributed by atoms with Gasteiger partial charge >= 0.3 is 0 Å². The van der Waals surface area contributed by atoms with E-state index in [9.17, 15) is 0 Å². The molecule has 0 bridgehead atoms. The topological polar surface area (TPSA) is 37.8 Å². The number of nitrogens with one attached hydrogen (secondary N) is 1. The van der Waals surface area contributed by atoms with Crippen LogP contribution in [0.5, 0.6) is 0 Å². The van der Waals surface area contributed by atoms with Crippen molar-refractivity contribution >= 4 is 5.82 Å². The molecule has 1 N–H and O–H groups in total. The van der Waals surface area contributed by atoms with Gasteiger partial charge < -0.3 is 5.32 Å². The van der Waals surface area contributed by atoms with Gasteiger partial charge in [-0.1, -0.05) is 39.0 Å². The molecule has 0 amide bonds. The SMILES string of the molecule is CCCNc1cncc(-c2cccc(CC(C)C)c2)n1. The average Bonchev–Trinajstić information content (AvgIpc) is 2.45. The van der Waals surface area contributed by atoms with Gasteiger partial charge in [0.15, 0.2) is 0 Å². The lowest BCUT2D eigenvalue weighted by Crippen LogP contribution is -2.03. The summed E-state index contributed by atoms with van der Waals surface area (Å²) in [5.74, 6) is 1.51. The predicted molar refractivity (Wildman–Crippen MR) is 84.8 cm³/mol. The molecule has 1 heterocycles. The Morgan fingerprint density at radius 2 is 2.05 bits per heavy atom. The molecule has 3 nitrogen and oxygen atoms in total. The maximum absolute atomic E-state index is 4.63. The molecule has 0 atom stereocenters. The van der Waals surface area contributed by atoms with Gasteiger partial charge in [0.05, 0.1) is 18.1 Å². The normalized spacial score (nSPS) is 10.8. The molecule has 0 fully saturated rings. The third-order valence-electron chi connectivity index (χ3n) is 3.06. The standard InChI is InChI=1S/C17H23N3/c1-4-8-19-17-12-18-11-16(20-17)15-7-5-6-14(10-15)9-13(2)3/h5-7,10-13H,4,8-9H2,1-3H3,(H,19,20). The summed E-state index contributed by atoms with van der Waals surface area (Å²) in [6, 6.07) is 8.59. The first kappa shape index (κ1) is 14.5. The minimum atomic E-state index is 0.661. The van der Waals surface area contributed by atoms with E-state index in [1.165, 1.54) is 5.56 Å². The van der Waals surface area contributed by atoms with Gasteiger partial charge in [0, 0.05) is 12.1 Å². The molecule has 2 aromatic rings. The van der Waals surface area contributed by atoms with Gasteiger partial charge in [0.1, 0.15) is 5.82 Å². The molecule has 3 heteroatoms. The van der Waals surface area contributed by atoms with E-state index in [-0.39, 0.29) is 0 Å². The van der Waals surface area contributed by atoms with Crippen molar-refractivity contribution in [1.82, 2.24) is 9.97 Å². The Bertz CT molecular complexity index is 549. The van der Waals surface area contributed by atoms with Crippen molar-refractivity contribution in [3.63, 3.8) is 0 Å². The highest BCUT2D eigenvalue weighted by Gasteiger charge is 2.04. The van der Waals surface area contributed by atoms with Crippen LogP contribution in [0.3, 0.4) is 0 Å². The van der Waals surface area contributed by atoms with Crippen LogP contribution in [0, 0.1) is 5.92 Å². The van der Waals surface area contributed by atoms with Crippen LogP contribution in [0.1, 0.15) is 32.8 Å². The Morgan fingerprint density at radius 1 is 1.20 bits per heavy atom. The average molecular weight is 269 g/mol. The van der Waals surface area contributed by atoms with E-state index in [0.717, 1.165) is 36.5 Å². The number of benzene rings is 1. The summed E-state index contributed by atoms with van der Waals surface area (Å²) in [6.07, 6.45) is 5.77. The zero-order chi connectivity index (χ0) is 14.4. The molecule has 0 saturated heterocycles. The molecule has 0 unspecified atom stereocenters. The van der Waals surface area contributed by atoms with Crippen molar-refractivity contribution in [1.29, 1.82) is 0 Å². The second-order valence-corrected chi connectivity index (χ2v) is 5.51. The van der Waals surface area contributed by atoms with E-state index < -0.39 is 0 Å². The maximum atomic E-state index is 4.63. The Labute approximate surface area is 121 Å².